The first kappa shape index (κ1) is 21.1. The minimum absolute atomic E-state index is 0.209. The summed E-state index contributed by atoms with van der Waals surface area (Å²) in [5.41, 5.74) is 4.24. The Morgan fingerprint density at radius 3 is 2.82 bits per heavy atom. The highest BCUT2D eigenvalue weighted by molar-refractivity contribution is 5.95. The Kier molecular flexibility index (Phi) is 5.99. The Balaban J connectivity index is 1.27. The Bertz CT molecular complexity index is 1280. The molecule has 1 saturated heterocycles. The van der Waals surface area contributed by atoms with Crippen molar-refractivity contribution in [1.29, 1.82) is 0 Å². The lowest BCUT2D eigenvalue weighted by Crippen LogP contribution is -2.28. The van der Waals surface area contributed by atoms with Crippen LogP contribution in [0.1, 0.15) is 28.9 Å². The molecule has 4 aromatic rings. The zero-order chi connectivity index (χ0) is 22.6. The lowest BCUT2D eigenvalue weighted by molar-refractivity contribution is 0.0903. The van der Waals surface area contributed by atoms with E-state index in [9.17, 15) is 4.79 Å². The zero-order valence-corrected chi connectivity index (χ0v) is 18.5. The number of carbonyl (C=O) groups excluding carboxylic acids is 1. The van der Waals surface area contributed by atoms with Crippen molar-refractivity contribution >= 4 is 22.6 Å². The van der Waals surface area contributed by atoms with Crippen molar-refractivity contribution in [2.24, 2.45) is 7.05 Å². The van der Waals surface area contributed by atoms with Gasteiger partial charge in [-0.25, -0.2) is 9.97 Å². The number of anilines is 1. The number of carbonyl (C=O) groups is 1. The average molecular weight is 443 g/mol. The van der Waals surface area contributed by atoms with Gasteiger partial charge in [-0.05, 0) is 42.2 Å². The lowest BCUT2D eigenvalue weighted by Gasteiger charge is -2.23. The molecular weight excluding hydrogens is 416 g/mol. The number of amides is 1. The van der Waals surface area contributed by atoms with Crippen molar-refractivity contribution in [3.05, 3.63) is 72.3 Å². The Morgan fingerprint density at radius 2 is 2.00 bits per heavy atom. The van der Waals surface area contributed by atoms with E-state index in [-0.39, 0.29) is 5.91 Å². The van der Waals surface area contributed by atoms with Gasteiger partial charge in [0.25, 0.3) is 5.91 Å². The summed E-state index contributed by atoms with van der Waals surface area (Å²) in [6.07, 6.45) is 7.50. The Hall–Kier alpha value is -3.78. The molecule has 168 valence electrons. The molecule has 0 spiro atoms. The van der Waals surface area contributed by atoms with E-state index in [4.69, 9.17) is 4.74 Å². The summed E-state index contributed by atoms with van der Waals surface area (Å²) in [6, 6.07) is 13.9. The molecule has 1 aliphatic rings. The highest BCUT2D eigenvalue weighted by Gasteiger charge is 2.15. The molecule has 0 atom stereocenters. The maximum Gasteiger partial charge on any atom is 0.270 e. The maximum atomic E-state index is 12.8. The summed E-state index contributed by atoms with van der Waals surface area (Å²) in [5.74, 6) is 0.561. The fraction of sp³-hybridized carbons (Fsp3) is 0.280. The number of nitrogens with zero attached hydrogens (tertiary/aromatic N) is 4. The number of fused-ring (bicyclic) bond motifs is 1. The van der Waals surface area contributed by atoms with Gasteiger partial charge in [-0.2, -0.15) is 5.10 Å². The smallest absolute Gasteiger partial charge is 0.270 e. The van der Waals surface area contributed by atoms with E-state index >= 15 is 0 Å². The molecule has 1 aliphatic heterocycles. The first-order chi connectivity index (χ1) is 16.1. The molecular formula is C25H26N6O2. The van der Waals surface area contributed by atoms with Crippen molar-refractivity contribution in [2.45, 2.75) is 25.4 Å². The van der Waals surface area contributed by atoms with Gasteiger partial charge in [-0.1, -0.05) is 18.2 Å². The highest BCUT2D eigenvalue weighted by atomic mass is 16.5. The van der Waals surface area contributed by atoms with Gasteiger partial charge in [0.05, 0.1) is 11.7 Å². The molecule has 8 heteroatoms. The fourth-order valence-corrected chi connectivity index (χ4v) is 3.98. The summed E-state index contributed by atoms with van der Waals surface area (Å²) in [4.78, 5) is 21.9. The second-order valence-electron chi connectivity index (χ2n) is 8.28. The van der Waals surface area contributed by atoms with E-state index in [1.54, 1.807) is 16.9 Å². The van der Waals surface area contributed by atoms with Crippen LogP contribution in [0.15, 0.2) is 61.1 Å². The molecule has 0 radical (unpaired) electrons. The topological polar surface area (TPSA) is 94.0 Å². The number of aromatic nitrogens is 4. The number of pyridine rings is 2. The van der Waals surface area contributed by atoms with Crippen LogP contribution in [0.2, 0.25) is 0 Å². The maximum absolute atomic E-state index is 12.8. The summed E-state index contributed by atoms with van der Waals surface area (Å²) in [6.45, 7) is 1.94. The van der Waals surface area contributed by atoms with Gasteiger partial charge in [0.1, 0.15) is 11.5 Å². The molecule has 2 N–H and O–H groups in total. The van der Waals surface area contributed by atoms with Crippen LogP contribution in [-0.4, -0.2) is 44.9 Å². The highest BCUT2D eigenvalue weighted by Crippen LogP contribution is 2.20. The van der Waals surface area contributed by atoms with E-state index in [1.165, 1.54) is 0 Å². The third-order valence-corrected chi connectivity index (χ3v) is 5.80. The fourth-order valence-electron chi connectivity index (χ4n) is 3.98. The molecule has 0 saturated carbocycles. The van der Waals surface area contributed by atoms with Crippen molar-refractivity contribution in [1.82, 2.24) is 25.1 Å². The van der Waals surface area contributed by atoms with Gasteiger partial charge in [-0.15, -0.1) is 0 Å². The molecule has 33 heavy (non-hydrogen) atoms. The second-order valence-corrected chi connectivity index (χ2v) is 8.28. The molecule has 3 aromatic heterocycles. The minimum Gasteiger partial charge on any atom is -0.381 e. The summed E-state index contributed by atoms with van der Waals surface area (Å²) in [7, 11) is 1.89. The number of benzene rings is 1. The first-order valence-corrected chi connectivity index (χ1v) is 11.1. The van der Waals surface area contributed by atoms with Crippen LogP contribution in [0.25, 0.3) is 22.0 Å². The van der Waals surface area contributed by atoms with Gasteiger partial charge in [0.2, 0.25) is 0 Å². The van der Waals surface area contributed by atoms with Gasteiger partial charge in [-0.3, -0.25) is 9.48 Å². The van der Waals surface area contributed by atoms with Crippen LogP contribution in [-0.2, 0) is 18.3 Å². The van der Waals surface area contributed by atoms with Gasteiger partial charge < -0.3 is 15.4 Å². The molecule has 1 fully saturated rings. The molecule has 0 bridgehead atoms. The molecule has 5 rings (SSSR count). The van der Waals surface area contributed by atoms with Crippen LogP contribution >= 0.6 is 0 Å². The summed E-state index contributed by atoms with van der Waals surface area (Å²) < 4.78 is 7.19. The lowest BCUT2D eigenvalue weighted by atomic mass is 10.1. The van der Waals surface area contributed by atoms with Crippen molar-refractivity contribution in [3.63, 3.8) is 0 Å². The monoisotopic (exact) mass is 442 g/mol. The number of nitrogens with one attached hydrogen (secondary N) is 2. The van der Waals surface area contributed by atoms with E-state index in [0.717, 1.165) is 59.5 Å². The largest absolute Gasteiger partial charge is 0.381 e. The van der Waals surface area contributed by atoms with Crippen LogP contribution in [0.3, 0.4) is 0 Å². The number of hydrogen-bond acceptors (Lipinski definition) is 6. The third kappa shape index (κ3) is 5.01. The predicted molar refractivity (Wildman–Crippen MR) is 127 cm³/mol. The third-order valence-electron chi connectivity index (χ3n) is 5.80. The summed E-state index contributed by atoms with van der Waals surface area (Å²) >= 11 is 0. The quantitative estimate of drug-likeness (QED) is 0.474. The average Bonchev–Trinajstić information content (AvgIpc) is 3.29. The second kappa shape index (κ2) is 9.38. The van der Waals surface area contributed by atoms with Crippen LogP contribution in [0, 0.1) is 0 Å². The molecule has 0 unspecified atom stereocenters. The van der Waals surface area contributed by atoms with Crippen LogP contribution in [0.5, 0.6) is 0 Å². The van der Waals surface area contributed by atoms with Crippen LogP contribution < -0.4 is 10.6 Å². The number of aryl methyl sites for hydroxylation is 1. The van der Waals surface area contributed by atoms with Gasteiger partial charge >= 0.3 is 0 Å². The van der Waals surface area contributed by atoms with E-state index in [0.29, 0.717) is 18.3 Å². The molecule has 8 nitrogen and oxygen atoms in total. The molecule has 4 heterocycles. The van der Waals surface area contributed by atoms with E-state index < -0.39 is 0 Å². The number of hydrogen-bond donors (Lipinski definition) is 2. The standard InChI is InChI=1S/C25H26N6O2/c1-31-16-20(15-28-31)18-4-2-3-17(11-18)13-27-25(32)22-6-5-19-14-26-24(12-23(19)30-22)29-21-7-9-33-10-8-21/h2-6,11-12,14-16,21H,7-10,13H2,1H3,(H,26,29)(H,27,32). The molecule has 0 aliphatic carbocycles. The molecule has 1 amide bonds. The zero-order valence-electron chi connectivity index (χ0n) is 18.5. The van der Waals surface area contributed by atoms with Gasteiger partial charge in [0, 0.05) is 62.3 Å². The van der Waals surface area contributed by atoms with Crippen molar-refractivity contribution in [3.8, 4) is 11.1 Å². The van der Waals surface area contributed by atoms with E-state index in [1.807, 2.05) is 49.8 Å². The Morgan fingerprint density at radius 1 is 1.12 bits per heavy atom. The van der Waals surface area contributed by atoms with Crippen molar-refractivity contribution in [2.75, 3.05) is 18.5 Å². The number of rotatable bonds is 6. The Labute approximate surface area is 192 Å². The summed E-state index contributed by atoms with van der Waals surface area (Å²) in [5, 5.41) is 11.5. The SMILES string of the molecule is Cn1cc(-c2cccc(CNC(=O)c3ccc4cnc(NC5CCOCC5)cc4n3)c2)cn1. The predicted octanol–water partition coefficient (Wildman–Crippen LogP) is 3.55. The molecule has 1 aromatic carbocycles. The van der Waals surface area contributed by atoms with E-state index in [2.05, 4.69) is 31.8 Å². The normalized spacial score (nSPS) is 14.3. The van der Waals surface area contributed by atoms with Crippen LogP contribution in [0.4, 0.5) is 5.82 Å². The number of ether oxygens (including phenoxy) is 1. The minimum atomic E-state index is -0.209. The van der Waals surface area contributed by atoms with Crippen molar-refractivity contribution < 1.29 is 9.53 Å². The first-order valence-electron chi connectivity index (χ1n) is 11.1. The van der Waals surface area contributed by atoms with Gasteiger partial charge in [0.15, 0.2) is 0 Å².